The third-order valence-electron chi connectivity index (χ3n) is 7.79. The number of aliphatic carboxylic acids is 1. The molecule has 0 unspecified atom stereocenters. The van der Waals surface area contributed by atoms with E-state index in [1.165, 1.54) is 0 Å². The molecular formula is C33H42N2O5. The van der Waals surface area contributed by atoms with E-state index in [0.29, 0.717) is 29.8 Å². The van der Waals surface area contributed by atoms with Gasteiger partial charge in [-0.3, -0.25) is 19.3 Å². The van der Waals surface area contributed by atoms with E-state index in [1.807, 2.05) is 77.9 Å². The third-order valence-corrected chi connectivity index (χ3v) is 7.79. The Morgan fingerprint density at radius 2 is 1.55 bits per heavy atom. The van der Waals surface area contributed by atoms with Crippen molar-refractivity contribution in [1.29, 1.82) is 0 Å². The smallest absolute Gasteiger partial charge is 0.303 e. The molecule has 1 heterocycles. The summed E-state index contributed by atoms with van der Waals surface area (Å²) in [4.78, 5) is 41.1. The fourth-order valence-electron chi connectivity index (χ4n) is 5.87. The van der Waals surface area contributed by atoms with Crippen molar-refractivity contribution in [3.63, 3.8) is 0 Å². The molecule has 1 aliphatic heterocycles. The number of carboxylic acids is 1. The summed E-state index contributed by atoms with van der Waals surface area (Å²) in [5.74, 6) is -1.27. The van der Waals surface area contributed by atoms with Crippen molar-refractivity contribution < 1.29 is 24.6 Å². The number of allylic oxidation sites excluding steroid dienone is 1. The summed E-state index contributed by atoms with van der Waals surface area (Å²) in [5.41, 5.74) is 3.63. The highest BCUT2D eigenvalue weighted by Crippen LogP contribution is 2.50. The van der Waals surface area contributed by atoms with Crippen LogP contribution >= 0.6 is 0 Å². The number of nitrogens with zero attached hydrogens (tertiary/aromatic N) is 1. The fourth-order valence-corrected chi connectivity index (χ4v) is 5.87. The first kappa shape index (κ1) is 29.4. The lowest BCUT2D eigenvalue weighted by atomic mass is 9.72. The van der Waals surface area contributed by atoms with E-state index in [9.17, 15) is 24.6 Å². The second-order valence-electron chi connectivity index (χ2n) is 14.0. The van der Waals surface area contributed by atoms with Crippen LogP contribution in [0.25, 0.3) is 0 Å². The fraction of sp³-hybridized carbons (Fsp3) is 0.485. The van der Waals surface area contributed by atoms with Gasteiger partial charge >= 0.3 is 5.97 Å². The summed E-state index contributed by atoms with van der Waals surface area (Å²) in [6.45, 7) is 16.3. The Morgan fingerprint density at radius 1 is 0.975 bits per heavy atom. The second-order valence-corrected chi connectivity index (χ2v) is 14.0. The van der Waals surface area contributed by atoms with Gasteiger partial charge in [-0.05, 0) is 63.6 Å². The van der Waals surface area contributed by atoms with Crippen LogP contribution in [0.5, 0.6) is 5.75 Å². The van der Waals surface area contributed by atoms with E-state index in [1.54, 1.807) is 4.90 Å². The molecule has 7 heteroatoms. The molecule has 7 nitrogen and oxygen atoms in total. The van der Waals surface area contributed by atoms with Crippen LogP contribution in [0.1, 0.15) is 104 Å². The van der Waals surface area contributed by atoms with Crippen LogP contribution in [-0.4, -0.2) is 27.9 Å². The predicted octanol–water partition coefficient (Wildman–Crippen LogP) is 7.00. The average Bonchev–Trinajstić information content (AvgIpc) is 2.94. The first-order chi connectivity index (χ1) is 18.4. The number of carbonyl (C=O) groups is 3. The van der Waals surface area contributed by atoms with Crippen molar-refractivity contribution in [1.82, 2.24) is 0 Å². The highest BCUT2D eigenvalue weighted by atomic mass is 16.4. The zero-order valence-corrected chi connectivity index (χ0v) is 24.9. The van der Waals surface area contributed by atoms with Crippen molar-refractivity contribution in [3.8, 4) is 5.75 Å². The minimum atomic E-state index is -1.06. The van der Waals surface area contributed by atoms with E-state index >= 15 is 0 Å². The quantitative estimate of drug-likeness (QED) is 0.381. The van der Waals surface area contributed by atoms with E-state index in [-0.39, 0.29) is 35.7 Å². The molecular weight excluding hydrogens is 504 g/mol. The van der Waals surface area contributed by atoms with Crippen LogP contribution in [0.15, 0.2) is 47.7 Å². The normalized spacial score (nSPS) is 18.9. The molecule has 2 aromatic carbocycles. The highest BCUT2D eigenvalue weighted by molar-refractivity contribution is 6.06. The van der Waals surface area contributed by atoms with Crippen LogP contribution in [-0.2, 0) is 25.2 Å². The van der Waals surface area contributed by atoms with Crippen LogP contribution in [0.3, 0.4) is 0 Å². The maximum atomic E-state index is 14.0. The number of Topliss-reactive ketones (excluding diaryl/α,β-unsaturated/α-hetero) is 1. The summed E-state index contributed by atoms with van der Waals surface area (Å²) in [5, 5.41) is 24.3. The number of nitrogens with one attached hydrogen (secondary N) is 1. The van der Waals surface area contributed by atoms with Crippen LogP contribution in [0.2, 0.25) is 0 Å². The lowest BCUT2D eigenvalue weighted by molar-refractivity contribution is -0.138. The van der Waals surface area contributed by atoms with Gasteiger partial charge < -0.3 is 15.5 Å². The number of phenolic OH excluding ortho intramolecular Hbond substituents is 1. The van der Waals surface area contributed by atoms with Gasteiger partial charge in [0.1, 0.15) is 5.75 Å². The number of carboxylic acid groups (broad SMARTS) is 1. The minimum Gasteiger partial charge on any atom is -0.507 e. The number of para-hydroxylation sites is 2. The van der Waals surface area contributed by atoms with Gasteiger partial charge in [0.15, 0.2) is 5.78 Å². The summed E-state index contributed by atoms with van der Waals surface area (Å²) < 4.78 is 0. The van der Waals surface area contributed by atoms with Gasteiger partial charge in [0.05, 0.1) is 23.8 Å². The van der Waals surface area contributed by atoms with Crippen LogP contribution in [0, 0.1) is 5.41 Å². The molecule has 0 saturated carbocycles. The Bertz CT molecular complexity index is 1370. The standard InChI is InChI=1S/C33H42N2O5/c1-31(2,3)20-15-19(16-21(30(20)40)32(4,5)6)29-28-23(17-33(7,8)18-25(28)36)34-22-11-9-10-12-24(22)35(29)26(37)13-14-27(38)39/h9-12,15-16,29,34,40H,13-14,17-18H2,1-8H3,(H,38,39)/t29-/m0/s1. The average molecular weight is 547 g/mol. The van der Waals surface area contributed by atoms with Crippen molar-refractivity contribution in [2.45, 2.75) is 97.9 Å². The van der Waals surface area contributed by atoms with E-state index in [4.69, 9.17) is 0 Å². The predicted molar refractivity (Wildman–Crippen MR) is 158 cm³/mol. The molecule has 1 amide bonds. The summed E-state index contributed by atoms with van der Waals surface area (Å²) in [6, 6.07) is 10.5. The zero-order chi connectivity index (χ0) is 29.8. The van der Waals surface area contributed by atoms with Crippen molar-refractivity contribution in [3.05, 3.63) is 64.4 Å². The second kappa shape index (κ2) is 10.1. The Morgan fingerprint density at radius 3 is 2.10 bits per heavy atom. The van der Waals surface area contributed by atoms with Gasteiger partial charge in [-0.15, -0.1) is 0 Å². The number of benzene rings is 2. The van der Waals surface area contributed by atoms with Gasteiger partial charge in [-0.2, -0.15) is 0 Å². The molecule has 3 N–H and O–H groups in total. The van der Waals surface area contributed by atoms with Gasteiger partial charge in [0.25, 0.3) is 0 Å². The highest BCUT2D eigenvalue weighted by Gasteiger charge is 2.44. The number of aromatic hydroxyl groups is 1. The van der Waals surface area contributed by atoms with Gasteiger partial charge in [0, 0.05) is 24.1 Å². The molecule has 0 radical (unpaired) electrons. The first-order valence-electron chi connectivity index (χ1n) is 13.9. The van der Waals surface area contributed by atoms with E-state index < -0.39 is 22.8 Å². The first-order valence-corrected chi connectivity index (χ1v) is 13.9. The van der Waals surface area contributed by atoms with Crippen LogP contribution in [0.4, 0.5) is 11.4 Å². The molecule has 1 atom stereocenters. The molecule has 214 valence electrons. The number of ketones is 1. The van der Waals surface area contributed by atoms with Crippen molar-refractivity contribution in [2.24, 2.45) is 5.41 Å². The summed E-state index contributed by atoms with van der Waals surface area (Å²) >= 11 is 0. The maximum absolute atomic E-state index is 14.0. The number of anilines is 2. The number of amides is 1. The SMILES string of the molecule is CC1(C)CC(=O)C2=C(C1)Nc1ccccc1N(C(=O)CCC(=O)O)[C@H]2c1cc(C(C)(C)C)c(O)c(C(C)(C)C)c1. The Kier molecular flexibility index (Phi) is 7.41. The summed E-state index contributed by atoms with van der Waals surface area (Å²) in [6.07, 6.45) is 0.416. The largest absolute Gasteiger partial charge is 0.507 e. The number of hydrogen-bond donors (Lipinski definition) is 3. The van der Waals surface area contributed by atoms with E-state index in [0.717, 1.165) is 22.4 Å². The molecule has 0 saturated heterocycles. The molecule has 0 fully saturated rings. The number of carbonyl (C=O) groups excluding carboxylic acids is 2. The number of rotatable bonds is 4. The number of phenols is 1. The molecule has 40 heavy (non-hydrogen) atoms. The monoisotopic (exact) mass is 546 g/mol. The lowest BCUT2D eigenvalue weighted by Crippen LogP contribution is -2.40. The van der Waals surface area contributed by atoms with E-state index in [2.05, 4.69) is 19.2 Å². The lowest BCUT2D eigenvalue weighted by Gasteiger charge is -2.38. The minimum absolute atomic E-state index is 0.0460. The molecule has 0 aromatic heterocycles. The topological polar surface area (TPSA) is 107 Å². The zero-order valence-electron chi connectivity index (χ0n) is 24.9. The molecule has 1 aliphatic carbocycles. The van der Waals surface area contributed by atoms with Gasteiger partial charge in [0.2, 0.25) is 5.91 Å². The molecule has 0 bridgehead atoms. The molecule has 2 aromatic rings. The summed E-state index contributed by atoms with van der Waals surface area (Å²) in [7, 11) is 0. The maximum Gasteiger partial charge on any atom is 0.303 e. The molecule has 0 spiro atoms. The number of hydrogen-bond acceptors (Lipinski definition) is 5. The van der Waals surface area contributed by atoms with Gasteiger partial charge in [-0.25, -0.2) is 0 Å². The third kappa shape index (κ3) is 5.65. The molecule has 2 aliphatic rings. The van der Waals surface area contributed by atoms with Gasteiger partial charge in [-0.1, -0.05) is 67.5 Å². The Labute approximate surface area is 237 Å². The Balaban J connectivity index is 2.10. The molecule has 4 rings (SSSR count). The Hall–Kier alpha value is -3.61. The number of fused-ring (bicyclic) bond motifs is 1. The van der Waals surface area contributed by atoms with Crippen LogP contribution < -0.4 is 10.2 Å². The van der Waals surface area contributed by atoms with Crippen molar-refractivity contribution in [2.75, 3.05) is 10.2 Å². The van der Waals surface area contributed by atoms with Crippen molar-refractivity contribution >= 4 is 29.0 Å².